The van der Waals surface area contributed by atoms with Crippen LogP contribution in [-0.4, -0.2) is 30.6 Å². The van der Waals surface area contributed by atoms with Crippen LogP contribution in [0.1, 0.15) is 26.2 Å². The topological polar surface area (TPSA) is 15.3 Å². The highest BCUT2D eigenvalue weighted by Gasteiger charge is 2.16. The van der Waals surface area contributed by atoms with Crippen LogP contribution >= 0.6 is 27.5 Å². The molecule has 1 saturated heterocycles. The van der Waals surface area contributed by atoms with E-state index in [4.69, 9.17) is 11.6 Å². The summed E-state index contributed by atoms with van der Waals surface area (Å²) in [7, 11) is 0. The zero-order valence-corrected chi connectivity index (χ0v) is 13.1. The van der Waals surface area contributed by atoms with Crippen LogP contribution in [0.15, 0.2) is 22.7 Å². The highest BCUT2D eigenvalue weighted by atomic mass is 79.9. The summed E-state index contributed by atoms with van der Waals surface area (Å²) in [5, 5.41) is 4.40. The van der Waals surface area contributed by atoms with E-state index in [0.717, 1.165) is 21.7 Å². The second kappa shape index (κ2) is 6.78. The molecule has 18 heavy (non-hydrogen) atoms. The van der Waals surface area contributed by atoms with E-state index in [-0.39, 0.29) is 0 Å². The molecule has 100 valence electrons. The van der Waals surface area contributed by atoms with Gasteiger partial charge in [-0.1, -0.05) is 18.5 Å². The minimum atomic E-state index is 0.552. The van der Waals surface area contributed by atoms with Gasteiger partial charge in [0, 0.05) is 22.1 Å². The predicted molar refractivity (Wildman–Crippen MR) is 82.5 cm³/mol. The van der Waals surface area contributed by atoms with Gasteiger partial charge in [-0.05, 0) is 66.5 Å². The van der Waals surface area contributed by atoms with Gasteiger partial charge < -0.3 is 10.2 Å². The smallest absolute Gasteiger partial charge is 0.0501 e. The first-order valence-electron chi connectivity index (χ1n) is 6.63. The fourth-order valence-electron chi connectivity index (χ4n) is 2.44. The molecule has 0 amide bonds. The molecule has 1 fully saturated rings. The molecule has 0 bridgehead atoms. The Hall–Kier alpha value is -0.250. The van der Waals surface area contributed by atoms with E-state index in [2.05, 4.69) is 33.1 Å². The fraction of sp³-hybridized carbons (Fsp3) is 0.571. The van der Waals surface area contributed by atoms with Crippen molar-refractivity contribution in [2.45, 2.75) is 32.2 Å². The lowest BCUT2D eigenvalue weighted by Gasteiger charge is -2.20. The predicted octanol–water partition coefficient (Wildman–Crippen LogP) is 4.39. The van der Waals surface area contributed by atoms with Gasteiger partial charge in [-0.3, -0.25) is 0 Å². The molecule has 0 spiro atoms. The number of hydrogen-bond donors (Lipinski definition) is 1. The summed E-state index contributed by atoms with van der Waals surface area (Å²) in [6.45, 7) is 5.81. The van der Waals surface area contributed by atoms with Crippen LogP contribution in [0.25, 0.3) is 0 Å². The van der Waals surface area contributed by atoms with Gasteiger partial charge in [0.15, 0.2) is 0 Å². The Kier molecular flexibility index (Phi) is 5.34. The number of nitrogens with zero attached hydrogens (tertiary/aromatic N) is 1. The molecule has 1 atom stereocenters. The number of nitrogens with one attached hydrogen (secondary N) is 1. The maximum absolute atomic E-state index is 6.04. The molecule has 4 heteroatoms. The SMILES string of the molecule is CCN1CCCC(Nc2cc(Cl)ccc2Br)CC1. The van der Waals surface area contributed by atoms with Crippen molar-refractivity contribution in [2.75, 3.05) is 25.0 Å². The number of rotatable bonds is 3. The lowest BCUT2D eigenvalue weighted by Crippen LogP contribution is -2.26. The normalized spacial score (nSPS) is 21.6. The third kappa shape index (κ3) is 3.87. The monoisotopic (exact) mass is 330 g/mol. The van der Waals surface area contributed by atoms with Gasteiger partial charge in [-0.15, -0.1) is 0 Å². The molecule has 2 nitrogen and oxygen atoms in total. The van der Waals surface area contributed by atoms with Gasteiger partial charge in [0.05, 0.1) is 5.69 Å². The molecule has 1 aliphatic rings. The molecule has 1 heterocycles. The molecule has 0 saturated carbocycles. The Morgan fingerprint density at radius 2 is 2.22 bits per heavy atom. The zero-order chi connectivity index (χ0) is 13.0. The van der Waals surface area contributed by atoms with Gasteiger partial charge in [0.25, 0.3) is 0 Å². The van der Waals surface area contributed by atoms with Gasteiger partial charge in [-0.2, -0.15) is 0 Å². The second-order valence-corrected chi connectivity index (χ2v) is 6.12. The van der Waals surface area contributed by atoms with Crippen LogP contribution < -0.4 is 5.32 Å². The lowest BCUT2D eigenvalue weighted by molar-refractivity contribution is 0.300. The third-order valence-electron chi connectivity index (χ3n) is 3.56. The van der Waals surface area contributed by atoms with Crippen molar-refractivity contribution in [3.05, 3.63) is 27.7 Å². The highest BCUT2D eigenvalue weighted by Crippen LogP contribution is 2.28. The molecule has 0 aliphatic carbocycles. The van der Waals surface area contributed by atoms with Crippen molar-refractivity contribution >= 4 is 33.2 Å². The summed E-state index contributed by atoms with van der Waals surface area (Å²) in [6, 6.07) is 6.45. The van der Waals surface area contributed by atoms with E-state index in [1.165, 1.54) is 32.4 Å². The van der Waals surface area contributed by atoms with Crippen molar-refractivity contribution in [3.8, 4) is 0 Å². The van der Waals surface area contributed by atoms with Crippen LogP contribution in [-0.2, 0) is 0 Å². The Morgan fingerprint density at radius 3 is 3.00 bits per heavy atom. The molecule has 0 aromatic heterocycles. The fourth-order valence-corrected chi connectivity index (χ4v) is 2.98. The first-order valence-corrected chi connectivity index (χ1v) is 7.80. The van der Waals surface area contributed by atoms with E-state index in [1.807, 2.05) is 18.2 Å². The lowest BCUT2D eigenvalue weighted by atomic mass is 10.1. The van der Waals surface area contributed by atoms with Crippen LogP contribution in [0.4, 0.5) is 5.69 Å². The molecule has 2 rings (SSSR count). The summed E-state index contributed by atoms with van der Waals surface area (Å²) in [5.74, 6) is 0. The maximum atomic E-state index is 6.04. The molecular weight excluding hydrogens is 312 g/mol. The van der Waals surface area contributed by atoms with Crippen molar-refractivity contribution in [2.24, 2.45) is 0 Å². The zero-order valence-electron chi connectivity index (χ0n) is 10.8. The molecule has 1 N–H and O–H groups in total. The highest BCUT2D eigenvalue weighted by molar-refractivity contribution is 9.10. The Balaban J connectivity index is 1.98. The van der Waals surface area contributed by atoms with Crippen molar-refractivity contribution in [3.63, 3.8) is 0 Å². The molecule has 1 aromatic carbocycles. The summed E-state index contributed by atoms with van der Waals surface area (Å²) in [5.41, 5.74) is 1.11. The van der Waals surface area contributed by atoms with E-state index >= 15 is 0 Å². The van der Waals surface area contributed by atoms with E-state index in [1.54, 1.807) is 0 Å². The molecular formula is C14H20BrClN2. The third-order valence-corrected chi connectivity index (χ3v) is 4.48. The van der Waals surface area contributed by atoms with Crippen LogP contribution in [0.5, 0.6) is 0 Å². The molecule has 1 aliphatic heterocycles. The Morgan fingerprint density at radius 1 is 1.39 bits per heavy atom. The summed E-state index contributed by atoms with van der Waals surface area (Å²) in [6.07, 6.45) is 3.70. The summed E-state index contributed by atoms with van der Waals surface area (Å²) >= 11 is 9.61. The summed E-state index contributed by atoms with van der Waals surface area (Å²) in [4.78, 5) is 2.52. The van der Waals surface area contributed by atoms with Gasteiger partial charge in [0.2, 0.25) is 0 Å². The van der Waals surface area contributed by atoms with Crippen LogP contribution in [0.3, 0.4) is 0 Å². The molecule has 1 unspecified atom stereocenters. The van der Waals surface area contributed by atoms with Crippen LogP contribution in [0.2, 0.25) is 5.02 Å². The summed E-state index contributed by atoms with van der Waals surface area (Å²) < 4.78 is 1.09. The van der Waals surface area contributed by atoms with Gasteiger partial charge >= 0.3 is 0 Å². The van der Waals surface area contributed by atoms with Crippen molar-refractivity contribution < 1.29 is 0 Å². The van der Waals surface area contributed by atoms with E-state index in [0.29, 0.717) is 6.04 Å². The second-order valence-electron chi connectivity index (χ2n) is 4.83. The van der Waals surface area contributed by atoms with Gasteiger partial charge in [0.1, 0.15) is 0 Å². The van der Waals surface area contributed by atoms with Crippen molar-refractivity contribution in [1.82, 2.24) is 4.90 Å². The van der Waals surface area contributed by atoms with E-state index < -0.39 is 0 Å². The number of halogens is 2. The number of hydrogen-bond acceptors (Lipinski definition) is 2. The maximum Gasteiger partial charge on any atom is 0.0501 e. The number of benzene rings is 1. The minimum Gasteiger partial charge on any atom is -0.381 e. The van der Waals surface area contributed by atoms with E-state index in [9.17, 15) is 0 Å². The van der Waals surface area contributed by atoms with Crippen LogP contribution in [0, 0.1) is 0 Å². The molecule has 1 aromatic rings. The average Bonchev–Trinajstić information content (AvgIpc) is 2.59. The van der Waals surface area contributed by atoms with Gasteiger partial charge in [-0.25, -0.2) is 0 Å². The Bertz CT molecular complexity index is 397. The molecule has 0 radical (unpaired) electrons. The first-order chi connectivity index (χ1) is 8.69. The number of likely N-dealkylation sites (tertiary alicyclic amines) is 1. The largest absolute Gasteiger partial charge is 0.381 e. The number of anilines is 1. The quantitative estimate of drug-likeness (QED) is 0.883. The first kappa shape index (κ1) is 14.2. The average molecular weight is 332 g/mol. The standard InChI is InChI=1S/C14H20BrClN2/c1-2-18-8-3-4-12(7-9-18)17-14-10-11(16)5-6-13(14)15/h5-6,10,12,17H,2-4,7-9H2,1H3. The Labute approximate surface area is 123 Å². The van der Waals surface area contributed by atoms with Crippen molar-refractivity contribution in [1.29, 1.82) is 0 Å². The minimum absolute atomic E-state index is 0.552.